The Bertz CT molecular complexity index is 463. The second kappa shape index (κ2) is 7.72. The predicted molar refractivity (Wildman–Crippen MR) is 79.6 cm³/mol. The number of benzene rings is 1. The lowest BCUT2D eigenvalue weighted by Gasteiger charge is -2.18. The van der Waals surface area contributed by atoms with Crippen LogP contribution in [0.25, 0.3) is 0 Å². The number of hydrogen-bond acceptors (Lipinski definition) is 3. The molecule has 0 amide bonds. The van der Waals surface area contributed by atoms with Crippen LogP contribution in [0.1, 0.15) is 56.3 Å². The number of aromatic carboxylic acids is 1. The maximum Gasteiger partial charge on any atom is 0.340 e. The topological polar surface area (TPSA) is 75.3 Å². The number of carbonyl (C=O) groups is 1. The maximum atomic E-state index is 13.3. The van der Waals surface area contributed by atoms with Crippen LogP contribution in [0.4, 0.5) is 15.8 Å². The molecule has 1 unspecified atom stereocenters. The van der Waals surface area contributed by atoms with Gasteiger partial charge >= 0.3 is 5.97 Å². The van der Waals surface area contributed by atoms with E-state index in [9.17, 15) is 9.18 Å². The molecule has 5 heteroatoms. The molecule has 0 fully saturated rings. The predicted octanol–water partition coefficient (Wildman–Crippen LogP) is 3.88. The Kier molecular flexibility index (Phi) is 6.28. The second-order valence-electron chi connectivity index (χ2n) is 5.08. The van der Waals surface area contributed by atoms with Gasteiger partial charge in [-0.2, -0.15) is 0 Å². The van der Waals surface area contributed by atoms with Gasteiger partial charge in [0.15, 0.2) is 0 Å². The van der Waals surface area contributed by atoms with Crippen molar-refractivity contribution >= 4 is 17.3 Å². The number of nitrogens with two attached hydrogens (primary N) is 1. The van der Waals surface area contributed by atoms with E-state index in [2.05, 4.69) is 12.2 Å². The minimum Gasteiger partial charge on any atom is -0.478 e. The van der Waals surface area contributed by atoms with Gasteiger partial charge in [0.1, 0.15) is 11.4 Å². The molecule has 4 nitrogen and oxygen atoms in total. The number of nitrogen functional groups attached to an aromatic ring is 1. The lowest BCUT2D eigenvalue weighted by molar-refractivity contribution is 0.0698. The van der Waals surface area contributed by atoms with E-state index in [1.165, 1.54) is 31.4 Å². The summed E-state index contributed by atoms with van der Waals surface area (Å²) < 4.78 is 13.3. The van der Waals surface area contributed by atoms with Crippen molar-refractivity contribution in [1.82, 2.24) is 0 Å². The number of rotatable bonds is 8. The van der Waals surface area contributed by atoms with Crippen LogP contribution in [-0.2, 0) is 0 Å². The number of hydrogen-bond donors (Lipinski definition) is 3. The number of anilines is 2. The van der Waals surface area contributed by atoms with Gasteiger partial charge in [-0.15, -0.1) is 0 Å². The Morgan fingerprint density at radius 1 is 1.40 bits per heavy atom. The summed E-state index contributed by atoms with van der Waals surface area (Å²) in [5.74, 6) is -1.92. The van der Waals surface area contributed by atoms with Gasteiger partial charge in [-0.1, -0.05) is 32.6 Å². The fourth-order valence-electron chi connectivity index (χ4n) is 2.16. The minimum atomic E-state index is -1.22. The first-order valence-electron chi connectivity index (χ1n) is 7.05. The van der Waals surface area contributed by atoms with E-state index in [-0.39, 0.29) is 17.3 Å². The molecule has 20 heavy (non-hydrogen) atoms. The van der Waals surface area contributed by atoms with Crippen LogP contribution in [0.3, 0.4) is 0 Å². The third-order valence-corrected chi connectivity index (χ3v) is 3.30. The Balaban J connectivity index is 2.72. The Morgan fingerprint density at radius 3 is 2.70 bits per heavy atom. The molecule has 0 radical (unpaired) electrons. The molecule has 112 valence electrons. The number of nitrogens with one attached hydrogen (secondary N) is 1. The maximum absolute atomic E-state index is 13.3. The third kappa shape index (κ3) is 4.40. The molecular weight excluding hydrogens is 259 g/mol. The molecule has 0 spiro atoms. The summed E-state index contributed by atoms with van der Waals surface area (Å²) >= 11 is 0. The van der Waals surface area contributed by atoms with Gasteiger partial charge in [0.2, 0.25) is 0 Å². The second-order valence-corrected chi connectivity index (χ2v) is 5.08. The van der Waals surface area contributed by atoms with Crippen molar-refractivity contribution in [2.24, 2.45) is 0 Å². The van der Waals surface area contributed by atoms with E-state index in [1.807, 2.05) is 6.92 Å². The van der Waals surface area contributed by atoms with E-state index < -0.39 is 11.8 Å². The molecule has 0 aliphatic heterocycles. The summed E-state index contributed by atoms with van der Waals surface area (Å²) in [4.78, 5) is 11.2. The van der Waals surface area contributed by atoms with Gasteiger partial charge in [-0.05, 0) is 25.5 Å². The zero-order chi connectivity index (χ0) is 15.1. The molecule has 0 aromatic heterocycles. The largest absolute Gasteiger partial charge is 0.478 e. The molecule has 0 aliphatic carbocycles. The summed E-state index contributed by atoms with van der Waals surface area (Å²) in [6, 6.07) is 2.74. The highest BCUT2D eigenvalue weighted by Crippen LogP contribution is 2.26. The minimum absolute atomic E-state index is 0.120. The quantitative estimate of drug-likeness (QED) is 0.499. The first-order valence-corrected chi connectivity index (χ1v) is 7.05. The van der Waals surface area contributed by atoms with Gasteiger partial charge in [-0.25, -0.2) is 9.18 Å². The Morgan fingerprint density at radius 2 is 2.10 bits per heavy atom. The van der Waals surface area contributed by atoms with Gasteiger partial charge in [0.25, 0.3) is 0 Å². The summed E-state index contributed by atoms with van der Waals surface area (Å²) in [5.41, 5.74) is 5.37. The van der Waals surface area contributed by atoms with Crippen molar-refractivity contribution in [3.8, 4) is 0 Å². The number of carboxylic acid groups (broad SMARTS) is 1. The highest BCUT2D eigenvalue weighted by molar-refractivity contribution is 6.00. The van der Waals surface area contributed by atoms with Crippen LogP contribution >= 0.6 is 0 Å². The molecule has 4 N–H and O–H groups in total. The molecule has 0 bridgehead atoms. The fourth-order valence-corrected chi connectivity index (χ4v) is 2.16. The fraction of sp³-hybridized carbons (Fsp3) is 0.533. The standard InChI is InChI=1S/C15H23FN2O2/c1-3-4-5-6-7-10(2)18-12-9-8-11(16)14(17)13(12)15(19)20/h8-10,18H,3-7,17H2,1-2H3,(H,19,20). The van der Waals surface area contributed by atoms with Crippen molar-refractivity contribution in [3.63, 3.8) is 0 Å². The number of halogens is 1. The highest BCUT2D eigenvalue weighted by Gasteiger charge is 2.18. The van der Waals surface area contributed by atoms with Crippen molar-refractivity contribution < 1.29 is 14.3 Å². The molecule has 1 aromatic rings. The first kappa shape index (κ1) is 16.3. The molecule has 0 aliphatic rings. The van der Waals surface area contributed by atoms with Crippen LogP contribution in [0.15, 0.2) is 12.1 Å². The van der Waals surface area contributed by atoms with Gasteiger partial charge in [-0.3, -0.25) is 0 Å². The highest BCUT2D eigenvalue weighted by atomic mass is 19.1. The summed E-state index contributed by atoms with van der Waals surface area (Å²) in [7, 11) is 0. The van der Waals surface area contributed by atoms with Gasteiger partial charge in [0.05, 0.1) is 11.4 Å². The van der Waals surface area contributed by atoms with Crippen molar-refractivity contribution in [2.75, 3.05) is 11.1 Å². The van der Waals surface area contributed by atoms with E-state index in [4.69, 9.17) is 10.8 Å². The van der Waals surface area contributed by atoms with Gasteiger partial charge < -0.3 is 16.2 Å². The number of unbranched alkanes of at least 4 members (excludes halogenated alkanes) is 3. The number of carboxylic acids is 1. The van der Waals surface area contributed by atoms with Gasteiger partial charge in [0, 0.05) is 6.04 Å². The summed E-state index contributed by atoms with van der Waals surface area (Å²) in [6.07, 6.45) is 5.58. The SMILES string of the molecule is CCCCCCC(C)Nc1ccc(F)c(N)c1C(=O)O. The van der Waals surface area contributed by atoms with E-state index in [0.717, 1.165) is 12.8 Å². The monoisotopic (exact) mass is 282 g/mol. The lowest BCUT2D eigenvalue weighted by Crippen LogP contribution is -2.18. The normalized spacial score (nSPS) is 12.2. The summed E-state index contributed by atoms with van der Waals surface area (Å²) in [6.45, 7) is 4.14. The lowest BCUT2D eigenvalue weighted by atomic mass is 10.1. The Hall–Kier alpha value is -1.78. The van der Waals surface area contributed by atoms with Crippen LogP contribution in [-0.4, -0.2) is 17.1 Å². The smallest absolute Gasteiger partial charge is 0.340 e. The molecular formula is C15H23FN2O2. The molecule has 1 aromatic carbocycles. The average Bonchev–Trinajstić information content (AvgIpc) is 2.39. The molecule has 1 rings (SSSR count). The van der Waals surface area contributed by atoms with Crippen LogP contribution < -0.4 is 11.1 Å². The van der Waals surface area contributed by atoms with Crippen LogP contribution in [0.2, 0.25) is 0 Å². The first-order chi connectivity index (χ1) is 9.47. The third-order valence-electron chi connectivity index (χ3n) is 3.30. The zero-order valence-corrected chi connectivity index (χ0v) is 12.1. The molecule has 0 heterocycles. The van der Waals surface area contributed by atoms with Crippen molar-refractivity contribution in [2.45, 2.75) is 52.0 Å². The zero-order valence-electron chi connectivity index (χ0n) is 12.1. The molecule has 0 saturated heterocycles. The van der Waals surface area contributed by atoms with E-state index >= 15 is 0 Å². The van der Waals surface area contributed by atoms with Crippen molar-refractivity contribution in [3.05, 3.63) is 23.5 Å². The van der Waals surface area contributed by atoms with E-state index in [0.29, 0.717) is 5.69 Å². The average molecular weight is 282 g/mol. The van der Waals surface area contributed by atoms with Crippen LogP contribution in [0.5, 0.6) is 0 Å². The Labute approximate surface area is 119 Å². The molecule has 0 saturated carbocycles. The van der Waals surface area contributed by atoms with E-state index in [1.54, 1.807) is 0 Å². The van der Waals surface area contributed by atoms with Crippen molar-refractivity contribution in [1.29, 1.82) is 0 Å². The summed E-state index contributed by atoms with van der Waals surface area (Å²) in [5, 5.41) is 12.3. The van der Waals surface area contributed by atoms with Crippen LogP contribution in [0, 0.1) is 5.82 Å². The molecule has 1 atom stereocenters.